The Kier molecular flexibility index (Phi) is 6.89. The van der Waals surface area contributed by atoms with E-state index in [9.17, 15) is 0 Å². The van der Waals surface area contributed by atoms with Crippen molar-refractivity contribution in [1.29, 1.82) is 0 Å². The zero-order chi connectivity index (χ0) is 16.8. The number of halogens is 1. The predicted molar refractivity (Wildman–Crippen MR) is 96.3 cm³/mol. The molecule has 0 atom stereocenters. The van der Waals surface area contributed by atoms with Gasteiger partial charge in [0, 0.05) is 31.3 Å². The van der Waals surface area contributed by atoms with Crippen LogP contribution >= 0.6 is 0 Å². The maximum Gasteiger partial charge on any atom is 0.288 e. The fourth-order valence-corrected chi connectivity index (χ4v) is 2.37. The first-order valence-corrected chi connectivity index (χ1v) is 8.00. The summed E-state index contributed by atoms with van der Waals surface area (Å²) in [4.78, 5) is 2.08. The van der Waals surface area contributed by atoms with Crippen molar-refractivity contribution in [3.8, 4) is 0 Å². The zero-order valence-corrected chi connectivity index (χ0v) is 16.0. The van der Waals surface area contributed by atoms with Gasteiger partial charge in [-0.25, -0.2) is 0 Å². The Morgan fingerprint density at radius 3 is 2.48 bits per heavy atom. The van der Waals surface area contributed by atoms with Gasteiger partial charge in [-0.3, -0.25) is 0 Å². The van der Waals surface area contributed by atoms with Gasteiger partial charge >= 0.3 is 0 Å². The minimum Gasteiger partial charge on any atom is -1.00 e. The van der Waals surface area contributed by atoms with Crippen molar-refractivity contribution < 1.29 is 21.7 Å². The van der Waals surface area contributed by atoms with E-state index in [4.69, 9.17) is 0 Å². The third kappa shape index (κ3) is 5.53. The van der Waals surface area contributed by atoms with Crippen LogP contribution in [0.15, 0.2) is 72.4 Å². The van der Waals surface area contributed by atoms with Crippen LogP contribution in [0.3, 0.4) is 0 Å². The Morgan fingerprint density at radius 2 is 1.80 bits per heavy atom. The van der Waals surface area contributed by atoms with Gasteiger partial charge in [0.1, 0.15) is 6.54 Å². The summed E-state index contributed by atoms with van der Waals surface area (Å²) < 4.78 is 3.63. The largest absolute Gasteiger partial charge is 1.00 e. The summed E-state index contributed by atoms with van der Waals surface area (Å²) in [6, 6.07) is 18.7. The molecular formula is C19H22BrN5. The first-order valence-electron chi connectivity index (χ1n) is 8.00. The SMILES string of the molecule is CN(C)c1ccc(C=N[n+]2cnn(CCc3ccccc3)c2)cc1.[Br-]. The Hall–Kier alpha value is -2.47. The summed E-state index contributed by atoms with van der Waals surface area (Å²) in [5, 5.41) is 8.76. The maximum atomic E-state index is 4.42. The maximum absolute atomic E-state index is 4.42. The highest BCUT2D eigenvalue weighted by Crippen LogP contribution is 2.10. The second kappa shape index (κ2) is 9.13. The molecule has 1 heterocycles. The molecule has 0 fully saturated rings. The fourth-order valence-electron chi connectivity index (χ4n) is 2.37. The summed E-state index contributed by atoms with van der Waals surface area (Å²) >= 11 is 0. The van der Waals surface area contributed by atoms with Gasteiger partial charge < -0.3 is 21.9 Å². The standard InChI is InChI=1S/C19H22N5.BrH/c1-22(2)19-10-8-18(9-11-19)14-20-24-15-21-23(16-24)13-12-17-6-4-3-5-7-17;/h3-11,14-16H,12-13H2,1-2H3;1H/q+1;/p-1. The molecule has 25 heavy (non-hydrogen) atoms. The smallest absolute Gasteiger partial charge is 0.288 e. The molecule has 0 unspecified atom stereocenters. The molecule has 5 nitrogen and oxygen atoms in total. The summed E-state index contributed by atoms with van der Waals surface area (Å²) in [5.74, 6) is 0. The first kappa shape index (κ1) is 18.9. The number of hydrogen-bond donors (Lipinski definition) is 0. The molecule has 0 aliphatic carbocycles. The van der Waals surface area contributed by atoms with E-state index in [0.717, 1.165) is 18.5 Å². The molecule has 2 aromatic carbocycles. The number of aryl methyl sites for hydroxylation is 2. The Balaban J connectivity index is 0.00000225. The molecule has 0 aliphatic heterocycles. The summed E-state index contributed by atoms with van der Waals surface area (Å²) in [7, 11) is 4.06. The first-order chi connectivity index (χ1) is 11.7. The van der Waals surface area contributed by atoms with E-state index in [-0.39, 0.29) is 17.0 Å². The van der Waals surface area contributed by atoms with E-state index >= 15 is 0 Å². The zero-order valence-electron chi connectivity index (χ0n) is 14.5. The van der Waals surface area contributed by atoms with Gasteiger partial charge in [-0.1, -0.05) is 42.5 Å². The summed E-state index contributed by atoms with van der Waals surface area (Å²) in [5.41, 5.74) is 3.54. The topological polar surface area (TPSA) is 37.3 Å². The highest BCUT2D eigenvalue weighted by molar-refractivity contribution is 5.79. The minimum absolute atomic E-state index is 0. The quantitative estimate of drug-likeness (QED) is 0.408. The van der Waals surface area contributed by atoms with E-state index < -0.39 is 0 Å². The van der Waals surface area contributed by atoms with E-state index in [0.29, 0.717) is 0 Å². The lowest BCUT2D eigenvalue weighted by Crippen LogP contribution is -3.00. The van der Waals surface area contributed by atoms with Crippen molar-refractivity contribution in [2.24, 2.45) is 5.10 Å². The lowest BCUT2D eigenvalue weighted by Gasteiger charge is -2.11. The van der Waals surface area contributed by atoms with E-state index in [1.165, 1.54) is 11.3 Å². The van der Waals surface area contributed by atoms with Crippen molar-refractivity contribution in [2.75, 3.05) is 19.0 Å². The molecule has 3 rings (SSSR count). The average Bonchev–Trinajstić information content (AvgIpc) is 3.07. The van der Waals surface area contributed by atoms with Gasteiger partial charge in [0.15, 0.2) is 0 Å². The molecule has 130 valence electrons. The highest BCUT2D eigenvalue weighted by Gasteiger charge is 2.05. The van der Waals surface area contributed by atoms with Crippen LogP contribution in [0.2, 0.25) is 0 Å². The molecule has 0 saturated carbocycles. The van der Waals surface area contributed by atoms with Crippen molar-refractivity contribution in [2.45, 2.75) is 13.0 Å². The van der Waals surface area contributed by atoms with Crippen molar-refractivity contribution in [3.63, 3.8) is 0 Å². The van der Waals surface area contributed by atoms with Crippen LogP contribution in [0, 0.1) is 0 Å². The van der Waals surface area contributed by atoms with Crippen LogP contribution in [-0.2, 0) is 13.0 Å². The number of aromatic nitrogens is 3. The molecule has 3 aromatic rings. The minimum atomic E-state index is 0. The highest BCUT2D eigenvalue weighted by atomic mass is 79.9. The second-order valence-electron chi connectivity index (χ2n) is 5.86. The van der Waals surface area contributed by atoms with Crippen molar-refractivity contribution in [1.82, 2.24) is 9.78 Å². The number of anilines is 1. The van der Waals surface area contributed by atoms with Crippen LogP contribution in [0.25, 0.3) is 0 Å². The predicted octanol–water partition coefficient (Wildman–Crippen LogP) is -0.634. The van der Waals surface area contributed by atoms with Crippen LogP contribution < -0.4 is 26.6 Å². The monoisotopic (exact) mass is 399 g/mol. The third-order valence-electron chi connectivity index (χ3n) is 3.79. The van der Waals surface area contributed by atoms with Crippen LogP contribution in [0.5, 0.6) is 0 Å². The number of hydrogen-bond acceptors (Lipinski definition) is 3. The third-order valence-corrected chi connectivity index (χ3v) is 3.79. The van der Waals surface area contributed by atoms with Gasteiger partial charge in [0.05, 0.1) is 6.21 Å². The van der Waals surface area contributed by atoms with E-state index in [1.54, 1.807) is 11.0 Å². The van der Waals surface area contributed by atoms with Gasteiger partial charge in [-0.15, -0.1) is 14.5 Å². The van der Waals surface area contributed by atoms with Gasteiger partial charge in [-0.2, -0.15) is 0 Å². The Morgan fingerprint density at radius 1 is 1.08 bits per heavy atom. The van der Waals surface area contributed by atoms with E-state index in [2.05, 4.69) is 63.6 Å². The summed E-state index contributed by atoms with van der Waals surface area (Å²) in [6.45, 7) is 0.837. The lowest BCUT2D eigenvalue weighted by atomic mass is 10.2. The van der Waals surface area contributed by atoms with Crippen LogP contribution in [0.4, 0.5) is 5.69 Å². The molecule has 0 saturated heterocycles. The van der Waals surface area contributed by atoms with Crippen molar-refractivity contribution >= 4 is 11.9 Å². The van der Waals surface area contributed by atoms with Crippen molar-refractivity contribution in [3.05, 3.63) is 78.4 Å². The van der Waals surface area contributed by atoms with Gasteiger partial charge in [0.25, 0.3) is 6.33 Å². The molecule has 0 N–H and O–H groups in total. The number of benzene rings is 2. The van der Waals surface area contributed by atoms with Gasteiger partial charge in [0.2, 0.25) is 6.33 Å². The Labute approximate surface area is 159 Å². The molecule has 0 bridgehead atoms. The lowest BCUT2D eigenvalue weighted by molar-refractivity contribution is -0.679. The molecule has 0 amide bonds. The molecule has 1 aromatic heterocycles. The molecule has 0 aliphatic rings. The molecule has 6 heteroatoms. The van der Waals surface area contributed by atoms with Crippen LogP contribution in [-0.4, -0.2) is 30.1 Å². The molecule has 0 spiro atoms. The average molecular weight is 400 g/mol. The Bertz CT molecular complexity index is 794. The molecule has 0 radical (unpaired) electrons. The summed E-state index contributed by atoms with van der Waals surface area (Å²) in [6.07, 6.45) is 6.41. The number of rotatable bonds is 6. The van der Waals surface area contributed by atoms with Gasteiger partial charge in [-0.05, 0) is 23.3 Å². The molecular weight excluding hydrogens is 378 g/mol. The fraction of sp³-hybridized carbons (Fsp3) is 0.211. The van der Waals surface area contributed by atoms with Crippen LogP contribution in [0.1, 0.15) is 11.1 Å². The number of nitrogens with zero attached hydrogens (tertiary/aromatic N) is 5. The second-order valence-corrected chi connectivity index (χ2v) is 5.86. The normalized spacial score (nSPS) is 10.6. The van der Waals surface area contributed by atoms with E-state index in [1.807, 2.05) is 37.4 Å².